The summed E-state index contributed by atoms with van der Waals surface area (Å²) < 4.78 is 10.5. The van der Waals surface area contributed by atoms with Crippen LogP contribution in [0.5, 0.6) is 0 Å². The normalized spacial score (nSPS) is 16.7. The van der Waals surface area contributed by atoms with Gasteiger partial charge in [-0.3, -0.25) is 0 Å². The monoisotopic (exact) mass is 266 g/mol. The molecule has 1 aliphatic rings. The van der Waals surface area contributed by atoms with Gasteiger partial charge in [0.1, 0.15) is 13.2 Å². The van der Waals surface area contributed by atoms with Crippen LogP contribution in [0.15, 0.2) is 24.3 Å². The highest BCUT2D eigenvalue weighted by atomic mass is 16.5. The summed E-state index contributed by atoms with van der Waals surface area (Å²) in [4.78, 5) is 22.9. The van der Waals surface area contributed by atoms with Crippen molar-refractivity contribution in [2.45, 2.75) is 39.5 Å². The van der Waals surface area contributed by atoms with Gasteiger partial charge < -0.3 is 9.47 Å². The largest absolute Gasteiger partial charge is 0.462 e. The molecule has 106 valence electrons. The Balaban J connectivity index is 2.54. The fourth-order valence-corrected chi connectivity index (χ4v) is 2.14. The van der Waals surface area contributed by atoms with Crippen LogP contribution in [0, 0.1) is 5.41 Å². The predicted octanol–water partition coefficient (Wildman–Crippen LogP) is 2.79. The molecule has 0 aromatic rings. The van der Waals surface area contributed by atoms with Crippen molar-refractivity contribution >= 4 is 11.9 Å². The molecule has 19 heavy (non-hydrogen) atoms. The summed E-state index contributed by atoms with van der Waals surface area (Å²) in [6.07, 6.45) is 3.93. The minimum absolute atomic E-state index is 0.240. The van der Waals surface area contributed by atoms with E-state index in [0.717, 1.165) is 25.7 Å². The maximum Gasteiger partial charge on any atom is 0.333 e. The number of hydrogen-bond acceptors (Lipinski definition) is 4. The molecule has 0 N–H and O–H groups in total. The third-order valence-corrected chi connectivity index (χ3v) is 3.38. The Morgan fingerprint density at radius 3 is 1.63 bits per heavy atom. The molecule has 0 aliphatic heterocycles. The van der Waals surface area contributed by atoms with Crippen molar-refractivity contribution in [2.75, 3.05) is 13.2 Å². The van der Waals surface area contributed by atoms with Gasteiger partial charge in [-0.1, -0.05) is 26.0 Å². The third-order valence-electron chi connectivity index (χ3n) is 3.38. The standard InChI is InChI=1S/C15H22O4/c1-11(2)13(16)18-9-15(7-5-6-8-15)10-19-14(17)12(3)4/h1,3,5-10H2,2,4H3. The van der Waals surface area contributed by atoms with Gasteiger partial charge in [-0.15, -0.1) is 0 Å². The molecule has 1 fully saturated rings. The third kappa shape index (κ3) is 4.54. The highest BCUT2D eigenvalue weighted by Crippen LogP contribution is 2.38. The molecular weight excluding hydrogens is 244 g/mol. The zero-order valence-corrected chi connectivity index (χ0v) is 11.8. The van der Waals surface area contributed by atoms with Gasteiger partial charge >= 0.3 is 11.9 Å². The SMILES string of the molecule is C=C(C)C(=O)OCC1(COC(=O)C(=C)C)CCCC1. The van der Waals surface area contributed by atoms with Crippen LogP contribution in [0.2, 0.25) is 0 Å². The fraction of sp³-hybridized carbons (Fsp3) is 0.600. The van der Waals surface area contributed by atoms with E-state index in [1.807, 2.05) is 0 Å². The summed E-state index contributed by atoms with van der Waals surface area (Å²) in [6.45, 7) is 10.9. The van der Waals surface area contributed by atoms with Crippen LogP contribution in [0.1, 0.15) is 39.5 Å². The first-order chi connectivity index (χ1) is 8.86. The van der Waals surface area contributed by atoms with Gasteiger partial charge in [0.15, 0.2) is 0 Å². The summed E-state index contributed by atoms with van der Waals surface area (Å²) in [5.74, 6) is -0.782. The van der Waals surface area contributed by atoms with Gasteiger partial charge in [0, 0.05) is 16.6 Å². The highest BCUT2D eigenvalue weighted by Gasteiger charge is 2.37. The minimum atomic E-state index is -0.391. The van der Waals surface area contributed by atoms with Crippen molar-refractivity contribution in [3.05, 3.63) is 24.3 Å². The smallest absolute Gasteiger partial charge is 0.333 e. The Hall–Kier alpha value is -1.58. The van der Waals surface area contributed by atoms with Gasteiger partial charge in [0.25, 0.3) is 0 Å². The first kappa shape index (κ1) is 15.5. The van der Waals surface area contributed by atoms with Crippen LogP contribution in [-0.4, -0.2) is 25.2 Å². The fourth-order valence-electron chi connectivity index (χ4n) is 2.14. The molecule has 0 atom stereocenters. The van der Waals surface area contributed by atoms with E-state index in [1.54, 1.807) is 13.8 Å². The molecular formula is C15H22O4. The Morgan fingerprint density at radius 1 is 0.947 bits per heavy atom. The first-order valence-electron chi connectivity index (χ1n) is 6.52. The van der Waals surface area contributed by atoms with Crippen LogP contribution < -0.4 is 0 Å². The maximum absolute atomic E-state index is 11.4. The van der Waals surface area contributed by atoms with E-state index < -0.39 is 11.9 Å². The van der Waals surface area contributed by atoms with Crippen molar-refractivity contribution in [2.24, 2.45) is 5.41 Å². The van der Waals surface area contributed by atoms with E-state index >= 15 is 0 Å². The van der Waals surface area contributed by atoms with E-state index in [1.165, 1.54) is 0 Å². The lowest BCUT2D eigenvalue weighted by Crippen LogP contribution is -2.32. The topological polar surface area (TPSA) is 52.6 Å². The first-order valence-corrected chi connectivity index (χ1v) is 6.52. The zero-order chi connectivity index (χ0) is 14.5. The Bertz CT molecular complexity index is 357. The van der Waals surface area contributed by atoms with E-state index in [-0.39, 0.29) is 18.6 Å². The van der Waals surface area contributed by atoms with Crippen molar-refractivity contribution in [3.8, 4) is 0 Å². The number of ether oxygens (including phenoxy) is 2. The van der Waals surface area contributed by atoms with Crippen molar-refractivity contribution < 1.29 is 19.1 Å². The molecule has 0 radical (unpaired) electrons. The second kappa shape index (κ2) is 6.55. The lowest BCUT2D eigenvalue weighted by Gasteiger charge is -2.27. The zero-order valence-electron chi connectivity index (χ0n) is 11.8. The van der Waals surface area contributed by atoms with Crippen LogP contribution in [0.25, 0.3) is 0 Å². The maximum atomic E-state index is 11.4. The lowest BCUT2D eigenvalue weighted by atomic mass is 9.88. The molecule has 0 unspecified atom stereocenters. The molecule has 0 spiro atoms. The summed E-state index contributed by atoms with van der Waals surface area (Å²) in [7, 11) is 0. The molecule has 0 saturated heterocycles. The van der Waals surface area contributed by atoms with Crippen LogP contribution in [-0.2, 0) is 19.1 Å². The molecule has 1 rings (SSSR count). The number of hydrogen-bond donors (Lipinski definition) is 0. The second-order valence-corrected chi connectivity index (χ2v) is 5.42. The summed E-state index contributed by atoms with van der Waals surface area (Å²) >= 11 is 0. The van der Waals surface area contributed by atoms with Crippen LogP contribution in [0.3, 0.4) is 0 Å². The summed E-state index contributed by atoms with van der Waals surface area (Å²) in [5, 5.41) is 0. The van der Waals surface area contributed by atoms with Crippen LogP contribution in [0.4, 0.5) is 0 Å². The predicted molar refractivity (Wildman–Crippen MR) is 72.4 cm³/mol. The second-order valence-electron chi connectivity index (χ2n) is 5.42. The molecule has 0 heterocycles. The molecule has 1 aliphatic carbocycles. The molecule has 4 nitrogen and oxygen atoms in total. The Morgan fingerprint density at radius 2 is 1.32 bits per heavy atom. The number of carbonyl (C=O) groups excluding carboxylic acids is 2. The average Bonchev–Trinajstić information content (AvgIpc) is 2.82. The van der Waals surface area contributed by atoms with E-state index in [2.05, 4.69) is 13.2 Å². The molecule has 0 aromatic heterocycles. The minimum Gasteiger partial charge on any atom is -0.462 e. The van der Waals surface area contributed by atoms with Gasteiger partial charge in [-0.2, -0.15) is 0 Å². The van der Waals surface area contributed by atoms with Crippen molar-refractivity contribution in [3.63, 3.8) is 0 Å². The molecule has 1 saturated carbocycles. The van der Waals surface area contributed by atoms with E-state index in [0.29, 0.717) is 11.1 Å². The number of rotatable bonds is 6. The average molecular weight is 266 g/mol. The summed E-state index contributed by atoms with van der Waals surface area (Å²) in [5.41, 5.74) is 0.523. The molecule has 4 heteroatoms. The quantitative estimate of drug-likeness (QED) is 0.548. The molecule has 0 aromatic carbocycles. The lowest BCUT2D eigenvalue weighted by molar-refractivity contribution is -0.149. The molecule has 0 amide bonds. The van der Waals surface area contributed by atoms with Crippen molar-refractivity contribution in [1.82, 2.24) is 0 Å². The van der Waals surface area contributed by atoms with E-state index in [9.17, 15) is 9.59 Å². The number of carbonyl (C=O) groups is 2. The number of esters is 2. The van der Waals surface area contributed by atoms with Gasteiger partial charge in [0.05, 0.1) is 0 Å². The van der Waals surface area contributed by atoms with E-state index in [4.69, 9.17) is 9.47 Å². The van der Waals surface area contributed by atoms with Gasteiger partial charge in [-0.05, 0) is 26.7 Å². The Kier molecular flexibility index (Phi) is 5.33. The van der Waals surface area contributed by atoms with Gasteiger partial charge in [0.2, 0.25) is 0 Å². The van der Waals surface area contributed by atoms with Crippen molar-refractivity contribution in [1.29, 1.82) is 0 Å². The van der Waals surface area contributed by atoms with Crippen LogP contribution >= 0.6 is 0 Å². The highest BCUT2D eigenvalue weighted by molar-refractivity contribution is 5.87. The van der Waals surface area contributed by atoms with Gasteiger partial charge in [-0.25, -0.2) is 9.59 Å². The Labute approximate surface area is 114 Å². The molecule has 0 bridgehead atoms. The summed E-state index contributed by atoms with van der Waals surface area (Å²) in [6, 6.07) is 0.